The summed E-state index contributed by atoms with van der Waals surface area (Å²) in [5, 5.41) is 0. The van der Waals surface area contributed by atoms with E-state index < -0.39 is 11.9 Å². The molecule has 0 saturated heterocycles. The molecule has 4 nitrogen and oxygen atoms in total. The SMILES string of the molecule is COc1cc(C(F)(F)F)nc(OC)n1. The van der Waals surface area contributed by atoms with Crippen molar-refractivity contribution in [3.05, 3.63) is 11.8 Å². The van der Waals surface area contributed by atoms with E-state index in [1.54, 1.807) is 0 Å². The third-order valence-corrected chi connectivity index (χ3v) is 1.36. The molecule has 0 aliphatic carbocycles. The summed E-state index contributed by atoms with van der Waals surface area (Å²) in [6.07, 6.45) is -4.54. The van der Waals surface area contributed by atoms with E-state index >= 15 is 0 Å². The van der Waals surface area contributed by atoms with E-state index in [1.807, 2.05) is 0 Å². The van der Waals surface area contributed by atoms with Gasteiger partial charge in [-0.15, -0.1) is 0 Å². The van der Waals surface area contributed by atoms with Gasteiger partial charge in [-0.2, -0.15) is 23.1 Å². The molecule has 1 aromatic rings. The van der Waals surface area contributed by atoms with Gasteiger partial charge in [-0.1, -0.05) is 0 Å². The van der Waals surface area contributed by atoms with Crippen molar-refractivity contribution in [3.8, 4) is 11.9 Å². The molecule has 0 amide bonds. The molecular formula is C7H7F3N2O2. The fraction of sp³-hybridized carbons (Fsp3) is 0.429. The second-order valence-corrected chi connectivity index (χ2v) is 2.28. The summed E-state index contributed by atoms with van der Waals surface area (Å²) in [5.74, 6) is -0.191. The quantitative estimate of drug-likeness (QED) is 0.738. The summed E-state index contributed by atoms with van der Waals surface area (Å²) in [7, 11) is 2.39. The molecule has 1 heterocycles. The van der Waals surface area contributed by atoms with Crippen LogP contribution in [0.3, 0.4) is 0 Å². The maximum absolute atomic E-state index is 12.2. The molecule has 0 aromatic carbocycles. The van der Waals surface area contributed by atoms with Crippen LogP contribution in [-0.4, -0.2) is 24.2 Å². The van der Waals surface area contributed by atoms with Gasteiger partial charge < -0.3 is 9.47 Å². The molecule has 0 N–H and O–H groups in total. The molecule has 78 valence electrons. The van der Waals surface area contributed by atoms with Crippen LogP contribution in [0, 0.1) is 0 Å². The van der Waals surface area contributed by atoms with Crippen LogP contribution in [0.1, 0.15) is 5.69 Å². The summed E-state index contributed by atoms with van der Waals surface area (Å²) in [4.78, 5) is 6.66. The first kappa shape index (κ1) is 10.6. The van der Waals surface area contributed by atoms with Crippen LogP contribution in [0.2, 0.25) is 0 Å². The van der Waals surface area contributed by atoms with Gasteiger partial charge in [0.25, 0.3) is 0 Å². The maximum Gasteiger partial charge on any atom is 0.433 e. The molecule has 1 aromatic heterocycles. The normalized spacial score (nSPS) is 11.2. The van der Waals surface area contributed by atoms with Crippen molar-refractivity contribution in [3.63, 3.8) is 0 Å². The molecule has 0 radical (unpaired) electrons. The van der Waals surface area contributed by atoms with Gasteiger partial charge in [-0.3, -0.25) is 0 Å². The molecule has 0 aliphatic heterocycles. The Morgan fingerprint density at radius 1 is 1.14 bits per heavy atom. The Kier molecular flexibility index (Phi) is 2.78. The molecule has 0 bridgehead atoms. The van der Waals surface area contributed by atoms with Gasteiger partial charge in [0, 0.05) is 6.07 Å². The second-order valence-electron chi connectivity index (χ2n) is 2.28. The number of methoxy groups -OCH3 is 2. The van der Waals surface area contributed by atoms with E-state index in [-0.39, 0.29) is 11.9 Å². The van der Waals surface area contributed by atoms with Crippen molar-refractivity contribution in [2.75, 3.05) is 14.2 Å². The Labute approximate surface area is 77.7 Å². The summed E-state index contributed by atoms with van der Waals surface area (Å²) in [6, 6.07) is 0.319. The first-order valence-corrected chi connectivity index (χ1v) is 3.51. The molecule has 14 heavy (non-hydrogen) atoms. The fourth-order valence-corrected chi connectivity index (χ4v) is 0.745. The minimum atomic E-state index is -4.54. The number of aromatic nitrogens is 2. The Balaban J connectivity index is 3.17. The van der Waals surface area contributed by atoms with Crippen molar-refractivity contribution in [1.29, 1.82) is 0 Å². The Morgan fingerprint density at radius 2 is 1.79 bits per heavy atom. The highest BCUT2D eigenvalue weighted by Gasteiger charge is 2.34. The predicted molar refractivity (Wildman–Crippen MR) is 40.1 cm³/mol. The van der Waals surface area contributed by atoms with E-state index in [4.69, 9.17) is 0 Å². The molecule has 1 rings (SSSR count). The smallest absolute Gasteiger partial charge is 0.433 e. The highest BCUT2D eigenvalue weighted by molar-refractivity contribution is 5.20. The number of nitrogens with zero attached hydrogens (tertiary/aromatic N) is 2. The average molecular weight is 208 g/mol. The number of halogens is 3. The first-order valence-electron chi connectivity index (χ1n) is 3.51. The topological polar surface area (TPSA) is 44.2 Å². The third-order valence-electron chi connectivity index (χ3n) is 1.36. The third kappa shape index (κ3) is 2.24. The van der Waals surface area contributed by atoms with Crippen LogP contribution >= 0.6 is 0 Å². The molecule has 0 aliphatic rings. The molecule has 0 unspecified atom stereocenters. The number of rotatable bonds is 2. The largest absolute Gasteiger partial charge is 0.481 e. The van der Waals surface area contributed by atoms with Gasteiger partial charge in [-0.25, -0.2) is 0 Å². The summed E-state index contributed by atoms with van der Waals surface area (Å²) in [6.45, 7) is 0. The maximum atomic E-state index is 12.2. The van der Waals surface area contributed by atoms with Crippen LogP contribution in [0.5, 0.6) is 11.9 Å². The van der Waals surface area contributed by atoms with Gasteiger partial charge in [0.2, 0.25) is 5.88 Å². The molecular weight excluding hydrogens is 201 g/mol. The first-order chi connectivity index (χ1) is 6.47. The Bertz CT molecular complexity index is 305. The van der Waals surface area contributed by atoms with Crippen LogP contribution < -0.4 is 9.47 Å². The van der Waals surface area contributed by atoms with E-state index in [0.29, 0.717) is 6.07 Å². The van der Waals surface area contributed by atoms with Crippen LogP contribution in [0.15, 0.2) is 6.07 Å². The number of hydrogen-bond acceptors (Lipinski definition) is 4. The highest BCUT2D eigenvalue weighted by Crippen LogP contribution is 2.30. The van der Waals surface area contributed by atoms with Crippen LogP contribution in [0.4, 0.5) is 13.2 Å². The summed E-state index contributed by atoms with van der Waals surface area (Å²) < 4.78 is 45.7. The molecule has 0 atom stereocenters. The van der Waals surface area contributed by atoms with Gasteiger partial charge in [-0.05, 0) is 0 Å². The summed E-state index contributed by atoms with van der Waals surface area (Å²) in [5.41, 5.74) is -1.10. The monoisotopic (exact) mass is 208 g/mol. The lowest BCUT2D eigenvalue weighted by atomic mass is 10.4. The van der Waals surface area contributed by atoms with Gasteiger partial charge in [0.1, 0.15) is 0 Å². The number of ether oxygens (including phenoxy) is 2. The van der Waals surface area contributed by atoms with Crippen molar-refractivity contribution < 1.29 is 22.6 Å². The lowest BCUT2D eigenvalue weighted by molar-refractivity contribution is -0.141. The molecule has 0 spiro atoms. The van der Waals surface area contributed by atoms with Crippen molar-refractivity contribution in [2.45, 2.75) is 6.18 Å². The van der Waals surface area contributed by atoms with E-state index in [9.17, 15) is 13.2 Å². The zero-order valence-corrected chi connectivity index (χ0v) is 7.42. The van der Waals surface area contributed by atoms with E-state index in [2.05, 4.69) is 19.4 Å². The summed E-state index contributed by atoms with van der Waals surface area (Å²) >= 11 is 0. The van der Waals surface area contributed by atoms with E-state index in [1.165, 1.54) is 14.2 Å². The lowest BCUT2D eigenvalue weighted by Crippen LogP contribution is -2.10. The standard InChI is InChI=1S/C7H7F3N2O2/c1-13-5-3-4(7(8,9)10)11-6(12-5)14-2/h3H,1-2H3. The van der Waals surface area contributed by atoms with Crippen molar-refractivity contribution >= 4 is 0 Å². The molecule has 0 saturated carbocycles. The van der Waals surface area contributed by atoms with Gasteiger partial charge in [0.15, 0.2) is 5.69 Å². The van der Waals surface area contributed by atoms with Crippen LogP contribution in [-0.2, 0) is 6.18 Å². The second kappa shape index (κ2) is 3.69. The van der Waals surface area contributed by atoms with Gasteiger partial charge >= 0.3 is 12.2 Å². The Morgan fingerprint density at radius 3 is 2.21 bits per heavy atom. The number of alkyl halides is 3. The zero-order chi connectivity index (χ0) is 10.8. The zero-order valence-electron chi connectivity index (χ0n) is 7.42. The highest BCUT2D eigenvalue weighted by atomic mass is 19.4. The van der Waals surface area contributed by atoms with Crippen molar-refractivity contribution in [1.82, 2.24) is 9.97 Å². The predicted octanol–water partition coefficient (Wildman–Crippen LogP) is 1.51. The Hall–Kier alpha value is -1.53. The molecule has 0 fully saturated rings. The minimum Gasteiger partial charge on any atom is -0.481 e. The van der Waals surface area contributed by atoms with E-state index in [0.717, 1.165) is 0 Å². The van der Waals surface area contributed by atoms with Crippen molar-refractivity contribution in [2.24, 2.45) is 0 Å². The number of hydrogen-bond donors (Lipinski definition) is 0. The molecule has 7 heteroatoms. The van der Waals surface area contributed by atoms with Gasteiger partial charge in [0.05, 0.1) is 14.2 Å². The minimum absolute atomic E-state index is 0.191. The fourth-order valence-electron chi connectivity index (χ4n) is 0.745. The van der Waals surface area contributed by atoms with Crippen LogP contribution in [0.25, 0.3) is 0 Å². The lowest BCUT2D eigenvalue weighted by Gasteiger charge is -2.08. The average Bonchev–Trinajstić information content (AvgIpc) is 2.15.